The van der Waals surface area contributed by atoms with Gasteiger partial charge < -0.3 is 18.9 Å². The number of morpholine rings is 1. The molecule has 10 heteroatoms. The highest BCUT2D eigenvalue weighted by Crippen LogP contribution is 2.66. The van der Waals surface area contributed by atoms with Gasteiger partial charge in [-0.05, 0) is 98.7 Å². The second-order valence-corrected chi connectivity index (χ2v) is 17.6. The number of nitrogens with zero attached hydrogens (tertiary/aromatic N) is 2. The third-order valence-electron chi connectivity index (χ3n) is 12.9. The van der Waals surface area contributed by atoms with Crippen molar-refractivity contribution in [2.75, 3.05) is 20.3 Å². The molecule has 1 N–H and O–H groups in total. The quantitative estimate of drug-likeness (QED) is 0.312. The van der Waals surface area contributed by atoms with Crippen LogP contribution in [0.3, 0.4) is 0 Å². The molecule has 3 aliphatic carbocycles. The number of nitrogens with one attached hydrogen (secondary N) is 1. The van der Waals surface area contributed by atoms with E-state index in [4.69, 9.17) is 9.47 Å². The number of hydrogen-bond donors (Lipinski definition) is 1. The molecule has 2 unspecified atom stereocenters. The van der Waals surface area contributed by atoms with Crippen LogP contribution >= 0.6 is 0 Å². The lowest BCUT2D eigenvalue weighted by Crippen LogP contribution is -2.59. The molecule has 3 aromatic rings. The zero-order valence-corrected chi connectivity index (χ0v) is 29.2. The number of ether oxygens (including phenoxy) is 2. The van der Waals surface area contributed by atoms with Gasteiger partial charge >= 0.3 is 0 Å². The first-order valence-corrected chi connectivity index (χ1v) is 20.1. The van der Waals surface area contributed by atoms with Crippen LogP contribution in [0.1, 0.15) is 117 Å². The van der Waals surface area contributed by atoms with E-state index in [2.05, 4.69) is 26.3 Å². The van der Waals surface area contributed by atoms with Gasteiger partial charge in [0.05, 0.1) is 48.8 Å². The molecule has 1 aromatic heterocycles. The van der Waals surface area contributed by atoms with Crippen molar-refractivity contribution in [2.45, 2.75) is 119 Å². The molecular formula is C39H47N3O6S. The summed E-state index contributed by atoms with van der Waals surface area (Å²) in [5, 5.41) is 0.581. The number of rotatable bonds is 6. The number of aromatic nitrogens is 1. The zero-order chi connectivity index (χ0) is 33.5. The average Bonchev–Trinajstić information content (AvgIpc) is 3.42. The third kappa shape index (κ3) is 5.06. The fourth-order valence-corrected chi connectivity index (χ4v) is 11.8. The number of hydrogen-bond acceptors (Lipinski definition) is 6. The van der Waals surface area contributed by atoms with Gasteiger partial charge in [0.2, 0.25) is 15.9 Å². The van der Waals surface area contributed by atoms with Crippen LogP contribution in [0.5, 0.6) is 5.75 Å². The maximum Gasteiger partial charge on any atom is 0.264 e. The first-order chi connectivity index (χ1) is 23.8. The van der Waals surface area contributed by atoms with Crippen LogP contribution in [0.25, 0.3) is 22.2 Å². The van der Waals surface area contributed by atoms with Gasteiger partial charge in [0.15, 0.2) is 0 Å². The molecule has 9 nitrogen and oxygen atoms in total. The SMILES string of the molecule is COc1ccc2c(c1)C1CC1(C(=O)N1[C@@H]3CCC[C@H]1COC3)Cn1c-2c(C2CCCCC2)c2ccc(C(=O)NS(=O)(=O)C3CCCC3)cc21. The van der Waals surface area contributed by atoms with Crippen LogP contribution in [-0.4, -0.2) is 67.4 Å². The highest BCUT2D eigenvalue weighted by Gasteiger charge is 2.65. The van der Waals surface area contributed by atoms with Crippen LogP contribution < -0.4 is 9.46 Å². The molecule has 9 rings (SSSR count). The molecule has 2 saturated heterocycles. The van der Waals surface area contributed by atoms with Crippen LogP contribution in [0.4, 0.5) is 0 Å². The Morgan fingerprint density at radius 1 is 0.898 bits per heavy atom. The number of piperidine rings is 1. The Balaban J connectivity index is 1.21. The Kier molecular flexibility index (Phi) is 7.65. The Hall–Kier alpha value is -3.37. The van der Waals surface area contributed by atoms with Crippen molar-refractivity contribution < 1.29 is 27.5 Å². The van der Waals surface area contributed by atoms with Crippen molar-refractivity contribution >= 4 is 32.7 Å². The van der Waals surface area contributed by atoms with E-state index in [0.717, 1.165) is 79.3 Å². The van der Waals surface area contributed by atoms with E-state index >= 15 is 4.79 Å². The van der Waals surface area contributed by atoms with Crippen LogP contribution in [0, 0.1) is 5.41 Å². The number of carbonyl (C=O) groups is 2. The molecule has 2 amide bonds. The zero-order valence-electron chi connectivity index (χ0n) is 28.4. The van der Waals surface area contributed by atoms with Gasteiger partial charge in [-0.25, -0.2) is 13.1 Å². The average molecular weight is 686 g/mol. The molecule has 49 heavy (non-hydrogen) atoms. The first-order valence-electron chi connectivity index (χ1n) is 18.6. The maximum absolute atomic E-state index is 15.1. The van der Waals surface area contributed by atoms with E-state index in [1.807, 2.05) is 18.2 Å². The lowest BCUT2D eigenvalue weighted by Gasteiger charge is -2.47. The summed E-state index contributed by atoms with van der Waals surface area (Å²) >= 11 is 0. The third-order valence-corrected chi connectivity index (χ3v) is 14.7. The van der Waals surface area contributed by atoms with Crippen molar-refractivity contribution in [2.24, 2.45) is 5.41 Å². The predicted octanol–water partition coefficient (Wildman–Crippen LogP) is 6.63. The summed E-state index contributed by atoms with van der Waals surface area (Å²) in [6.07, 6.45) is 12.5. The van der Waals surface area contributed by atoms with Gasteiger partial charge in [0, 0.05) is 34.5 Å². The lowest BCUT2D eigenvalue weighted by molar-refractivity contribution is -0.157. The largest absolute Gasteiger partial charge is 0.497 e. The second-order valence-electron chi connectivity index (χ2n) is 15.7. The molecular weight excluding hydrogens is 639 g/mol. The summed E-state index contributed by atoms with van der Waals surface area (Å²) in [6, 6.07) is 12.3. The van der Waals surface area contributed by atoms with Gasteiger partial charge in [-0.1, -0.05) is 38.2 Å². The highest BCUT2D eigenvalue weighted by atomic mass is 32.2. The minimum absolute atomic E-state index is 0.0610. The maximum atomic E-state index is 15.1. The summed E-state index contributed by atoms with van der Waals surface area (Å²) < 4.78 is 42.8. The highest BCUT2D eigenvalue weighted by molar-refractivity contribution is 7.90. The fraction of sp³-hybridized carbons (Fsp3) is 0.590. The molecule has 2 bridgehead atoms. The van der Waals surface area contributed by atoms with Gasteiger partial charge in [0.25, 0.3) is 5.91 Å². The van der Waals surface area contributed by atoms with Crippen LogP contribution in [0.2, 0.25) is 0 Å². The minimum atomic E-state index is -3.76. The van der Waals surface area contributed by atoms with Gasteiger partial charge in [-0.15, -0.1) is 0 Å². The summed E-state index contributed by atoms with van der Waals surface area (Å²) in [4.78, 5) is 30.9. The molecule has 6 aliphatic rings. The Labute approximate surface area is 288 Å². The van der Waals surface area contributed by atoms with E-state index in [0.29, 0.717) is 44.1 Å². The normalized spacial score (nSPS) is 28.3. The molecule has 4 heterocycles. The van der Waals surface area contributed by atoms with E-state index in [9.17, 15) is 13.2 Å². The minimum Gasteiger partial charge on any atom is -0.497 e. The van der Waals surface area contributed by atoms with Crippen molar-refractivity contribution in [1.29, 1.82) is 0 Å². The molecule has 260 valence electrons. The predicted molar refractivity (Wildman–Crippen MR) is 187 cm³/mol. The number of fused-ring (bicyclic) bond motifs is 9. The van der Waals surface area contributed by atoms with Crippen LogP contribution in [-0.2, 0) is 26.1 Å². The van der Waals surface area contributed by atoms with E-state index in [1.165, 1.54) is 30.4 Å². The lowest BCUT2D eigenvalue weighted by atomic mass is 9.81. The monoisotopic (exact) mass is 685 g/mol. The van der Waals surface area contributed by atoms with Crippen molar-refractivity contribution in [3.05, 3.63) is 53.1 Å². The summed E-state index contributed by atoms with van der Waals surface area (Å²) in [6.45, 7) is 1.71. The molecule has 5 fully saturated rings. The number of sulfonamides is 1. The second kappa shape index (κ2) is 11.9. The molecule has 4 atom stereocenters. The summed E-state index contributed by atoms with van der Waals surface area (Å²) in [7, 11) is -2.07. The summed E-state index contributed by atoms with van der Waals surface area (Å²) in [5.74, 6) is 0.866. The topological polar surface area (TPSA) is 107 Å². The van der Waals surface area contributed by atoms with Crippen molar-refractivity contribution in [1.82, 2.24) is 14.2 Å². The molecule has 3 aliphatic heterocycles. The van der Waals surface area contributed by atoms with Crippen molar-refractivity contribution in [3.8, 4) is 17.0 Å². The molecule has 0 radical (unpaired) electrons. The first kappa shape index (κ1) is 31.6. The van der Waals surface area contributed by atoms with E-state index in [1.54, 1.807) is 13.2 Å². The smallest absolute Gasteiger partial charge is 0.264 e. The number of carbonyl (C=O) groups excluding carboxylic acids is 2. The Morgan fingerprint density at radius 3 is 2.37 bits per heavy atom. The standard InChI is InChI=1S/C39H47N3O6S/c1-47-28-15-17-30-32(19-28)33-20-39(33,38(44)42-26-10-7-11-27(42)22-48-21-26)23-41-34-18-25(37(43)40-49(45,46)29-12-5-6-13-29)14-16-31(34)35(36(30)41)24-8-3-2-4-9-24/h14-19,24,26-27,29,33H,2-13,20-23H2,1H3,(H,40,43)/t26-,27+,33?,39?. The molecule has 2 aromatic carbocycles. The number of methoxy groups -OCH3 is 1. The number of amides is 2. The van der Waals surface area contributed by atoms with Gasteiger partial charge in [-0.2, -0.15) is 0 Å². The Bertz CT molecular complexity index is 1920. The number of benzene rings is 2. The van der Waals surface area contributed by atoms with Gasteiger partial charge in [0.1, 0.15) is 5.75 Å². The van der Waals surface area contributed by atoms with Crippen LogP contribution in [0.15, 0.2) is 36.4 Å². The van der Waals surface area contributed by atoms with E-state index in [-0.39, 0.29) is 23.9 Å². The Morgan fingerprint density at radius 2 is 1.63 bits per heavy atom. The summed E-state index contributed by atoms with van der Waals surface area (Å²) in [5.41, 5.74) is 5.40. The van der Waals surface area contributed by atoms with E-state index < -0.39 is 26.6 Å². The van der Waals surface area contributed by atoms with Gasteiger partial charge in [-0.3, -0.25) is 9.59 Å². The molecule has 0 spiro atoms. The van der Waals surface area contributed by atoms with Crippen molar-refractivity contribution in [3.63, 3.8) is 0 Å². The fourth-order valence-electron chi connectivity index (χ4n) is 10.3. The molecule has 3 saturated carbocycles.